The summed E-state index contributed by atoms with van der Waals surface area (Å²) in [5.41, 5.74) is 2.20. The lowest BCUT2D eigenvalue weighted by Crippen LogP contribution is -2.38. The maximum Gasteiger partial charge on any atom is 0.261 e. The monoisotopic (exact) mass is 376 g/mol. The van der Waals surface area contributed by atoms with E-state index < -0.39 is 0 Å². The summed E-state index contributed by atoms with van der Waals surface area (Å²) in [6, 6.07) is 14.2. The Balaban J connectivity index is 1.46. The van der Waals surface area contributed by atoms with Gasteiger partial charge in [-0.25, -0.2) is 0 Å². The van der Waals surface area contributed by atoms with Crippen molar-refractivity contribution in [2.45, 2.75) is 45.2 Å². The second-order valence-electron chi connectivity index (χ2n) is 7.88. The molecule has 5 heteroatoms. The fourth-order valence-electron chi connectivity index (χ4n) is 4.21. The van der Waals surface area contributed by atoms with Crippen LogP contribution in [-0.2, 0) is 6.54 Å². The quantitative estimate of drug-likeness (QED) is 0.826. The molecule has 3 amide bonds. The van der Waals surface area contributed by atoms with Crippen molar-refractivity contribution in [1.82, 2.24) is 10.2 Å². The number of hydrogen-bond donors (Lipinski definition) is 1. The molecule has 2 aromatic rings. The van der Waals surface area contributed by atoms with E-state index in [0.29, 0.717) is 22.6 Å². The van der Waals surface area contributed by atoms with Gasteiger partial charge in [-0.1, -0.05) is 44.0 Å². The van der Waals surface area contributed by atoms with Crippen LogP contribution in [0.25, 0.3) is 0 Å². The second kappa shape index (κ2) is 7.58. The predicted octanol–water partition coefficient (Wildman–Crippen LogP) is 3.79. The Kier molecular flexibility index (Phi) is 4.99. The third-order valence-corrected chi connectivity index (χ3v) is 5.68. The first-order valence-corrected chi connectivity index (χ1v) is 9.88. The van der Waals surface area contributed by atoms with Gasteiger partial charge >= 0.3 is 0 Å². The number of hydrogen-bond acceptors (Lipinski definition) is 3. The Bertz CT molecular complexity index is 902. The van der Waals surface area contributed by atoms with Crippen molar-refractivity contribution in [2.75, 3.05) is 0 Å². The van der Waals surface area contributed by atoms with Gasteiger partial charge in [-0.2, -0.15) is 0 Å². The van der Waals surface area contributed by atoms with Gasteiger partial charge in [0.25, 0.3) is 17.7 Å². The molecule has 0 bridgehead atoms. The summed E-state index contributed by atoms with van der Waals surface area (Å²) in [5, 5.41) is 3.13. The normalized spacial score (nSPS) is 21.5. The molecule has 5 nitrogen and oxygen atoms in total. The number of nitrogens with one attached hydrogen (secondary N) is 1. The van der Waals surface area contributed by atoms with Crippen molar-refractivity contribution in [2.24, 2.45) is 5.92 Å². The Labute approximate surface area is 164 Å². The highest BCUT2D eigenvalue weighted by molar-refractivity contribution is 6.21. The smallest absolute Gasteiger partial charge is 0.261 e. The van der Waals surface area contributed by atoms with Crippen LogP contribution < -0.4 is 5.32 Å². The summed E-state index contributed by atoms with van der Waals surface area (Å²) in [5.74, 6) is -0.0270. The van der Waals surface area contributed by atoms with Crippen molar-refractivity contribution < 1.29 is 14.4 Å². The molecular weight excluding hydrogens is 352 g/mol. The lowest BCUT2D eigenvalue weighted by molar-refractivity contribution is 0.0642. The lowest BCUT2D eigenvalue weighted by Gasteiger charge is -2.27. The first-order valence-electron chi connectivity index (χ1n) is 9.88. The summed E-state index contributed by atoms with van der Waals surface area (Å²) < 4.78 is 0. The highest BCUT2D eigenvalue weighted by Crippen LogP contribution is 2.25. The number of amides is 3. The van der Waals surface area contributed by atoms with Crippen LogP contribution in [0.1, 0.15) is 69.2 Å². The number of benzene rings is 2. The SMILES string of the molecule is CC1CCCC(NC(=O)c2cccc(CN3C(=O)c4ccccc4C3=O)c2)C1. The zero-order valence-electron chi connectivity index (χ0n) is 16.0. The van der Waals surface area contributed by atoms with Crippen LogP contribution in [0.5, 0.6) is 0 Å². The Hall–Kier alpha value is -2.95. The van der Waals surface area contributed by atoms with Gasteiger partial charge in [0, 0.05) is 11.6 Å². The molecule has 1 fully saturated rings. The zero-order chi connectivity index (χ0) is 19.7. The van der Waals surface area contributed by atoms with E-state index in [1.165, 1.54) is 11.3 Å². The average Bonchev–Trinajstić information content (AvgIpc) is 2.93. The molecule has 28 heavy (non-hydrogen) atoms. The summed E-state index contributed by atoms with van der Waals surface area (Å²) in [6.07, 6.45) is 4.40. The molecule has 2 unspecified atom stereocenters. The van der Waals surface area contributed by atoms with Crippen LogP contribution in [0.3, 0.4) is 0 Å². The molecule has 0 radical (unpaired) electrons. The van der Waals surface area contributed by atoms with Gasteiger partial charge in [0.15, 0.2) is 0 Å². The van der Waals surface area contributed by atoms with Crippen LogP contribution in [-0.4, -0.2) is 28.7 Å². The van der Waals surface area contributed by atoms with Crippen molar-refractivity contribution >= 4 is 17.7 Å². The van der Waals surface area contributed by atoms with Crippen LogP contribution in [0, 0.1) is 5.92 Å². The fourth-order valence-corrected chi connectivity index (χ4v) is 4.21. The van der Waals surface area contributed by atoms with Gasteiger partial charge in [-0.3, -0.25) is 19.3 Å². The van der Waals surface area contributed by atoms with E-state index >= 15 is 0 Å². The van der Waals surface area contributed by atoms with Gasteiger partial charge in [-0.05, 0) is 48.6 Å². The summed E-state index contributed by atoms with van der Waals surface area (Å²) in [6.45, 7) is 2.38. The second-order valence-corrected chi connectivity index (χ2v) is 7.88. The minimum Gasteiger partial charge on any atom is -0.349 e. The standard InChI is InChI=1S/C23H24N2O3/c1-15-6-4-9-18(12-15)24-21(26)17-8-5-7-16(13-17)14-25-22(27)19-10-2-3-11-20(19)23(25)28/h2-3,5,7-8,10-11,13,15,18H,4,6,9,12,14H2,1H3,(H,24,26). The number of imide groups is 1. The lowest BCUT2D eigenvalue weighted by atomic mass is 9.87. The maximum absolute atomic E-state index is 12.7. The number of carbonyl (C=O) groups excluding carboxylic acids is 3. The minimum absolute atomic E-state index is 0.0942. The molecule has 144 valence electrons. The number of fused-ring (bicyclic) bond motifs is 1. The van der Waals surface area contributed by atoms with Crippen molar-refractivity contribution in [3.05, 3.63) is 70.8 Å². The molecule has 1 saturated carbocycles. The van der Waals surface area contributed by atoms with E-state index in [9.17, 15) is 14.4 Å². The van der Waals surface area contributed by atoms with Crippen molar-refractivity contribution in [3.63, 3.8) is 0 Å². The molecule has 0 saturated heterocycles. The first-order chi connectivity index (χ1) is 13.5. The van der Waals surface area contributed by atoms with Crippen LogP contribution >= 0.6 is 0 Å². The van der Waals surface area contributed by atoms with E-state index in [1.54, 1.807) is 42.5 Å². The summed E-state index contributed by atoms with van der Waals surface area (Å²) >= 11 is 0. The van der Waals surface area contributed by atoms with Crippen LogP contribution in [0.4, 0.5) is 0 Å². The molecule has 1 aliphatic heterocycles. The molecular formula is C23H24N2O3. The fraction of sp³-hybridized carbons (Fsp3) is 0.348. The van der Waals surface area contributed by atoms with E-state index in [0.717, 1.165) is 24.8 Å². The Morgan fingerprint density at radius 3 is 2.43 bits per heavy atom. The number of nitrogens with zero attached hydrogens (tertiary/aromatic N) is 1. The van der Waals surface area contributed by atoms with Gasteiger partial charge in [-0.15, -0.1) is 0 Å². The Morgan fingerprint density at radius 2 is 1.75 bits per heavy atom. The minimum atomic E-state index is -0.286. The highest BCUT2D eigenvalue weighted by Gasteiger charge is 2.35. The number of carbonyl (C=O) groups is 3. The highest BCUT2D eigenvalue weighted by atomic mass is 16.2. The average molecular weight is 376 g/mol. The molecule has 4 rings (SSSR count). The molecule has 1 aliphatic carbocycles. The van der Waals surface area contributed by atoms with Gasteiger partial charge in [0.05, 0.1) is 17.7 Å². The molecule has 2 atom stereocenters. The van der Waals surface area contributed by atoms with Crippen molar-refractivity contribution in [3.8, 4) is 0 Å². The predicted molar refractivity (Wildman–Crippen MR) is 106 cm³/mol. The Morgan fingerprint density at radius 1 is 1.04 bits per heavy atom. The first kappa shape index (κ1) is 18.4. The molecule has 1 heterocycles. The van der Waals surface area contributed by atoms with Gasteiger partial charge < -0.3 is 5.32 Å². The molecule has 1 N–H and O–H groups in total. The van der Waals surface area contributed by atoms with Gasteiger partial charge in [0.1, 0.15) is 0 Å². The molecule has 2 aliphatic rings. The van der Waals surface area contributed by atoms with E-state index in [-0.39, 0.29) is 30.3 Å². The van der Waals surface area contributed by atoms with E-state index in [4.69, 9.17) is 0 Å². The van der Waals surface area contributed by atoms with E-state index in [2.05, 4.69) is 12.2 Å². The molecule has 0 spiro atoms. The zero-order valence-corrected chi connectivity index (χ0v) is 16.0. The maximum atomic E-state index is 12.7. The van der Waals surface area contributed by atoms with Crippen molar-refractivity contribution in [1.29, 1.82) is 0 Å². The third-order valence-electron chi connectivity index (χ3n) is 5.68. The summed E-state index contributed by atoms with van der Waals surface area (Å²) in [4.78, 5) is 39.0. The molecule has 2 aromatic carbocycles. The third kappa shape index (κ3) is 3.57. The summed E-state index contributed by atoms with van der Waals surface area (Å²) in [7, 11) is 0. The topological polar surface area (TPSA) is 66.5 Å². The largest absolute Gasteiger partial charge is 0.349 e. The van der Waals surface area contributed by atoms with E-state index in [1.807, 2.05) is 6.07 Å². The number of rotatable bonds is 4. The van der Waals surface area contributed by atoms with Crippen LogP contribution in [0.15, 0.2) is 48.5 Å². The van der Waals surface area contributed by atoms with Crippen LogP contribution in [0.2, 0.25) is 0 Å². The molecule has 0 aromatic heterocycles. The van der Waals surface area contributed by atoms with Gasteiger partial charge in [0.2, 0.25) is 0 Å².